The summed E-state index contributed by atoms with van der Waals surface area (Å²) < 4.78 is 10.6. The zero-order valence-corrected chi connectivity index (χ0v) is 10.9. The first-order chi connectivity index (χ1) is 9.25. The van der Waals surface area contributed by atoms with Gasteiger partial charge in [-0.1, -0.05) is 6.07 Å². The zero-order valence-electron chi connectivity index (χ0n) is 10.9. The van der Waals surface area contributed by atoms with Gasteiger partial charge in [0.25, 0.3) is 0 Å². The van der Waals surface area contributed by atoms with Crippen LogP contribution in [0, 0.1) is 0 Å². The largest absolute Gasteiger partial charge is 0.481 e. The lowest BCUT2D eigenvalue weighted by molar-refractivity contribution is -0.137. The predicted molar refractivity (Wildman–Crippen MR) is 70.6 cm³/mol. The average molecular weight is 265 g/mol. The second-order valence-corrected chi connectivity index (χ2v) is 4.54. The van der Waals surface area contributed by atoms with Crippen LogP contribution in [-0.4, -0.2) is 31.0 Å². The molecule has 0 unspecified atom stereocenters. The van der Waals surface area contributed by atoms with Gasteiger partial charge in [0.1, 0.15) is 0 Å². The van der Waals surface area contributed by atoms with E-state index in [1.54, 1.807) is 0 Å². The monoisotopic (exact) mass is 265 g/mol. The molecule has 1 heterocycles. The van der Waals surface area contributed by atoms with Crippen molar-refractivity contribution in [2.24, 2.45) is 0 Å². The number of carboxylic acids is 1. The minimum atomic E-state index is -0.722. The summed E-state index contributed by atoms with van der Waals surface area (Å²) in [6, 6.07) is 5.98. The molecule has 104 valence electrons. The second-order valence-electron chi connectivity index (χ2n) is 4.54. The third kappa shape index (κ3) is 4.44. The summed E-state index contributed by atoms with van der Waals surface area (Å²) in [5, 5.41) is 11.8. The summed E-state index contributed by atoms with van der Waals surface area (Å²) in [5.41, 5.74) is 1.21. The normalized spacial score (nSPS) is 12.6. The van der Waals surface area contributed by atoms with Crippen molar-refractivity contribution in [3.63, 3.8) is 0 Å². The van der Waals surface area contributed by atoms with Gasteiger partial charge in [-0.2, -0.15) is 0 Å². The Morgan fingerprint density at radius 3 is 2.89 bits per heavy atom. The molecule has 5 nitrogen and oxygen atoms in total. The Hall–Kier alpha value is -1.75. The van der Waals surface area contributed by atoms with Gasteiger partial charge in [-0.05, 0) is 50.0 Å². The molecule has 1 aliphatic rings. The standard InChI is InChI=1S/C14H19NO4/c16-14(17)3-1-2-7-15-8-6-11-4-5-12-13(9-11)19-10-18-12/h4-5,9,15H,1-3,6-8,10H2,(H,16,17). The average Bonchev–Trinajstić information content (AvgIpc) is 2.84. The van der Waals surface area contributed by atoms with Gasteiger partial charge in [0.15, 0.2) is 11.5 Å². The molecular weight excluding hydrogens is 246 g/mol. The number of hydrogen-bond donors (Lipinski definition) is 2. The van der Waals surface area contributed by atoms with Crippen LogP contribution in [0.15, 0.2) is 18.2 Å². The van der Waals surface area contributed by atoms with Crippen LogP contribution in [0.4, 0.5) is 0 Å². The van der Waals surface area contributed by atoms with Crippen molar-refractivity contribution >= 4 is 5.97 Å². The Morgan fingerprint density at radius 1 is 1.21 bits per heavy atom. The van der Waals surface area contributed by atoms with Gasteiger partial charge in [0.2, 0.25) is 6.79 Å². The summed E-state index contributed by atoms with van der Waals surface area (Å²) in [6.07, 6.45) is 2.80. The zero-order chi connectivity index (χ0) is 13.5. The fourth-order valence-corrected chi connectivity index (χ4v) is 1.98. The number of unbranched alkanes of at least 4 members (excludes halogenated alkanes) is 1. The van der Waals surface area contributed by atoms with Gasteiger partial charge in [0, 0.05) is 6.42 Å². The number of carboxylic acid groups (broad SMARTS) is 1. The molecule has 0 fully saturated rings. The first kappa shape index (κ1) is 13.7. The maximum Gasteiger partial charge on any atom is 0.303 e. The molecule has 0 aromatic heterocycles. The van der Waals surface area contributed by atoms with Crippen molar-refractivity contribution in [1.82, 2.24) is 5.32 Å². The molecule has 0 aliphatic carbocycles. The molecule has 0 atom stereocenters. The minimum Gasteiger partial charge on any atom is -0.481 e. The third-order valence-corrected chi connectivity index (χ3v) is 3.02. The van der Waals surface area contributed by atoms with E-state index in [2.05, 4.69) is 5.32 Å². The van der Waals surface area contributed by atoms with Crippen molar-refractivity contribution in [2.75, 3.05) is 19.9 Å². The predicted octanol–water partition coefficient (Wildman–Crippen LogP) is 1.80. The first-order valence-corrected chi connectivity index (χ1v) is 6.57. The van der Waals surface area contributed by atoms with Crippen LogP contribution in [0.1, 0.15) is 24.8 Å². The molecule has 1 aromatic carbocycles. The minimum absolute atomic E-state index is 0.254. The quantitative estimate of drug-likeness (QED) is 0.702. The molecule has 0 bridgehead atoms. The van der Waals surface area contributed by atoms with Gasteiger partial charge in [-0.25, -0.2) is 0 Å². The van der Waals surface area contributed by atoms with E-state index in [4.69, 9.17) is 14.6 Å². The Morgan fingerprint density at radius 2 is 2.05 bits per heavy atom. The van der Waals surface area contributed by atoms with Crippen LogP contribution in [-0.2, 0) is 11.2 Å². The van der Waals surface area contributed by atoms with E-state index in [1.165, 1.54) is 5.56 Å². The van der Waals surface area contributed by atoms with Gasteiger partial charge in [-0.15, -0.1) is 0 Å². The topological polar surface area (TPSA) is 67.8 Å². The number of aliphatic carboxylic acids is 1. The number of nitrogens with one attached hydrogen (secondary N) is 1. The van der Waals surface area contributed by atoms with Crippen molar-refractivity contribution in [3.05, 3.63) is 23.8 Å². The Bertz CT molecular complexity index is 433. The number of hydrogen-bond acceptors (Lipinski definition) is 4. The summed E-state index contributed by atoms with van der Waals surface area (Å²) in [7, 11) is 0. The molecule has 2 rings (SSSR count). The maximum atomic E-state index is 10.3. The Kier molecular flexibility index (Phi) is 5.03. The van der Waals surface area contributed by atoms with E-state index in [1.807, 2.05) is 18.2 Å². The van der Waals surface area contributed by atoms with Crippen molar-refractivity contribution in [3.8, 4) is 11.5 Å². The third-order valence-electron chi connectivity index (χ3n) is 3.02. The number of carbonyl (C=O) groups is 1. The molecule has 0 spiro atoms. The number of rotatable bonds is 8. The lowest BCUT2D eigenvalue weighted by Crippen LogP contribution is -2.18. The van der Waals surface area contributed by atoms with Gasteiger partial charge < -0.3 is 19.9 Å². The summed E-state index contributed by atoms with van der Waals surface area (Å²) in [5.74, 6) is 0.907. The van der Waals surface area contributed by atoms with E-state index in [0.717, 1.165) is 43.9 Å². The molecule has 0 radical (unpaired) electrons. The van der Waals surface area contributed by atoms with Crippen molar-refractivity contribution in [1.29, 1.82) is 0 Å². The highest BCUT2D eigenvalue weighted by atomic mass is 16.7. The fraction of sp³-hybridized carbons (Fsp3) is 0.500. The summed E-state index contributed by atoms with van der Waals surface area (Å²) >= 11 is 0. The van der Waals surface area contributed by atoms with E-state index < -0.39 is 5.97 Å². The highest BCUT2D eigenvalue weighted by Crippen LogP contribution is 2.32. The molecule has 1 aliphatic heterocycles. The van der Waals surface area contributed by atoms with E-state index >= 15 is 0 Å². The maximum absolute atomic E-state index is 10.3. The van der Waals surface area contributed by atoms with Crippen LogP contribution in [0.25, 0.3) is 0 Å². The lowest BCUT2D eigenvalue weighted by atomic mass is 10.1. The fourth-order valence-electron chi connectivity index (χ4n) is 1.98. The number of ether oxygens (including phenoxy) is 2. The molecular formula is C14H19NO4. The first-order valence-electron chi connectivity index (χ1n) is 6.57. The molecule has 0 saturated carbocycles. The van der Waals surface area contributed by atoms with Crippen molar-refractivity contribution < 1.29 is 19.4 Å². The van der Waals surface area contributed by atoms with Crippen LogP contribution in [0.3, 0.4) is 0 Å². The van der Waals surface area contributed by atoms with Gasteiger partial charge >= 0.3 is 5.97 Å². The van der Waals surface area contributed by atoms with Gasteiger partial charge in [0.05, 0.1) is 0 Å². The lowest BCUT2D eigenvalue weighted by Gasteiger charge is -2.05. The molecule has 0 amide bonds. The molecule has 0 saturated heterocycles. The molecule has 19 heavy (non-hydrogen) atoms. The Labute approximate surface area is 112 Å². The summed E-state index contributed by atoms with van der Waals surface area (Å²) in [6.45, 7) is 2.05. The Balaban J connectivity index is 1.59. The summed E-state index contributed by atoms with van der Waals surface area (Å²) in [4.78, 5) is 10.3. The van der Waals surface area contributed by atoms with Crippen molar-refractivity contribution in [2.45, 2.75) is 25.7 Å². The molecule has 2 N–H and O–H groups in total. The smallest absolute Gasteiger partial charge is 0.303 e. The van der Waals surface area contributed by atoms with E-state index in [9.17, 15) is 4.79 Å². The number of benzene rings is 1. The van der Waals surface area contributed by atoms with Crippen LogP contribution >= 0.6 is 0 Å². The van der Waals surface area contributed by atoms with Crippen LogP contribution in [0.5, 0.6) is 11.5 Å². The van der Waals surface area contributed by atoms with E-state index in [-0.39, 0.29) is 6.42 Å². The SMILES string of the molecule is O=C(O)CCCCNCCc1ccc2c(c1)OCO2. The molecule has 5 heteroatoms. The van der Waals surface area contributed by atoms with E-state index in [0.29, 0.717) is 6.79 Å². The second kappa shape index (κ2) is 6.99. The van der Waals surface area contributed by atoms with Crippen LogP contribution in [0.2, 0.25) is 0 Å². The van der Waals surface area contributed by atoms with Gasteiger partial charge in [-0.3, -0.25) is 4.79 Å². The highest BCUT2D eigenvalue weighted by Gasteiger charge is 2.12. The highest BCUT2D eigenvalue weighted by molar-refractivity contribution is 5.66. The number of fused-ring (bicyclic) bond motifs is 1. The van der Waals surface area contributed by atoms with Crippen LogP contribution < -0.4 is 14.8 Å². The molecule has 1 aromatic rings.